The quantitative estimate of drug-likeness (QED) is 0.0649. The molecular formula is C44H43ClF6N2O3S2. The molecule has 6 aromatic rings. The number of nitrogens with one attached hydrogen (secondary N) is 1. The van der Waals surface area contributed by atoms with Crippen LogP contribution in [0.3, 0.4) is 0 Å². The van der Waals surface area contributed by atoms with Crippen LogP contribution < -0.4 is 15.8 Å². The van der Waals surface area contributed by atoms with Crippen LogP contribution in [-0.4, -0.2) is 12.4 Å². The summed E-state index contributed by atoms with van der Waals surface area (Å²) in [6, 6.07) is 22.2. The number of rotatable bonds is 14. The second-order valence-electron chi connectivity index (χ2n) is 12.8. The monoisotopic (exact) mass is 860 g/mol. The Morgan fingerprint density at radius 2 is 1.09 bits per heavy atom. The molecule has 0 fully saturated rings. The Morgan fingerprint density at radius 1 is 0.603 bits per heavy atom. The minimum atomic E-state index is -1.01. The number of halogens is 7. The minimum absolute atomic E-state index is 0. The molecule has 0 spiro atoms. The number of carbonyl (C=O) groups is 2. The summed E-state index contributed by atoms with van der Waals surface area (Å²) in [5, 5.41) is 4.32. The zero-order chi connectivity index (χ0) is 41.3. The number of hydrogen-bond acceptors (Lipinski definition) is 6. The maximum Gasteiger partial charge on any atom is 0.298 e. The van der Waals surface area contributed by atoms with Crippen LogP contribution in [0.4, 0.5) is 36.3 Å². The minimum Gasteiger partial charge on any atom is -0.426 e. The fraction of sp³-hybridized carbons (Fsp3) is 0.227. The molecule has 0 bridgehead atoms. The molecule has 58 heavy (non-hydrogen) atoms. The predicted octanol–water partition coefficient (Wildman–Crippen LogP) is 13.6. The number of nitrogen functional groups attached to an aromatic ring is 1. The van der Waals surface area contributed by atoms with Gasteiger partial charge in [-0.1, -0.05) is 63.8 Å². The highest BCUT2D eigenvalue weighted by Gasteiger charge is 2.15. The average Bonchev–Trinajstić information content (AvgIpc) is 3.83. The van der Waals surface area contributed by atoms with Crippen molar-refractivity contribution in [3.05, 3.63) is 147 Å². The lowest BCUT2D eigenvalue weighted by Crippen LogP contribution is -2.12. The van der Waals surface area contributed by atoms with Gasteiger partial charge in [0, 0.05) is 9.75 Å². The van der Waals surface area contributed by atoms with Gasteiger partial charge in [-0.05, 0) is 121 Å². The van der Waals surface area contributed by atoms with Gasteiger partial charge in [-0.25, -0.2) is 26.3 Å². The number of carbonyl (C=O) groups excluding carboxylic acids is 2. The molecule has 0 saturated heterocycles. The second kappa shape index (κ2) is 24.0. The van der Waals surface area contributed by atoms with Crippen molar-refractivity contribution in [2.75, 3.05) is 11.1 Å². The predicted molar refractivity (Wildman–Crippen MR) is 225 cm³/mol. The molecule has 14 heteroatoms. The van der Waals surface area contributed by atoms with Crippen LogP contribution in [-0.2, 0) is 17.6 Å². The van der Waals surface area contributed by atoms with Gasteiger partial charge in [0.1, 0.15) is 5.82 Å². The molecule has 1 amide bonds. The summed E-state index contributed by atoms with van der Waals surface area (Å²) >= 11 is 3.20. The van der Waals surface area contributed by atoms with Crippen molar-refractivity contribution in [2.24, 2.45) is 0 Å². The Hall–Kier alpha value is -5.11. The molecule has 6 rings (SSSR count). The number of aryl methyl sites for hydroxylation is 2. The molecule has 0 saturated carbocycles. The van der Waals surface area contributed by atoms with Gasteiger partial charge in [0.25, 0.3) is 12.4 Å². The van der Waals surface area contributed by atoms with E-state index >= 15 is 0 Å². The third kappa shape index (κ3) is 14.4. The summed E-state index contributed by atoms with van der Waals surface area (Å²) in [5.74, 6) is -6.21. The van der Waals surface area contributed by atoms with Gasteiger partial charge in [0.2, 0.25) is 0 Å². The normalized spacial score (nSPS) is 10.3. The lowest BCUT2D eigenvalue weighted by molar-refractivity contribution is -0.120. The van der Waals surface area contributed by atoms with Crippen LogP contribution in [0.2, 0.25) is 0 Å². The largest absolute Gasteiger partial charge is 0.426 e. The van der Waals surface area contributed by atoms with Crippen LogP contribution in [0, 0.1) is 34.9 Å². The molecule has 0 unspecified atom stereocenters. The SMILES string of the molecule is CCCCCc1ccc(N)s1.CCCCCc1ccc(NC(=O)c2ccc(-c3ccc(F)c(F)c3)cc2F)s1.Cl.O=COc1ccc(-c2ccc(F)c(F)c2)cc1F. The first kappa shape index (κ1) is 47.3. The van der Waals surface area contributed by atoms with E-state index in [0.29, 0.717) is 27.3 Å². The third-order valence-electron chi connectivity index (χ3n) is 8.46. The summed E-state index contributed by atoms with van der Waals surface area (Å²) in [7, 11) is 0. The van der Waals surface area contributed by atoms with Crippen LogP contribution in [0.5, 0.6) is 5.75 Å². The van der Waals surface area contributed by atoms with E-state index < -0.39 is 40.8 Å². The van der Waals surface area contributed by atoms with Gasteiger partial charge in [0.05, 0.1) is 15.6 Å². The summed E-state index contributed by atoms with van der Waals surface area (Å²) in [6.45, 7) is 4.48. The molecule has 2 aromatic heterocycles. The number of thiophene rings is 2. The average molecular weight is 861 g/mol. The van der Waals surface area contributed by atoms with Gasteiger partial charge in [-0.15, -0.1) is 35.1 Å². The highest BCUT2D eigenvalue weighted by molar-refractivity contribution is 7.16. The molecule has 5 nitrogen and oxygen atoms in total. The van der Waals surface area contributed by atoms with Gasteiger partial charge >= 0.3 is 0 Å². The standard InChI is InChI=1S/C22H20F3NOS.C13H7F3O2.C9H15NS.ClH/c1-2-3-4-5-16-8-11-21(28-16)26-22(27)17-9-6-14(12-19(17)24)15-7-10-18(23)20(25)13-15;14-10-3-1-8(5-11(10)15)9-2-4-13(18-7-17)12(16)6-9;1-2-3-4-5-8-6-7-9(10)11-8;/h6-13H,2-5H2,1H3,(H,26,27);1-7H;6-7H,2-5,10H2,1H3;1H. The molecule has 0 atom stereocenters. The number of hydrogen-bond donors (Lipinski definition) is 2. The Kier molecular flexibility index (Phi) is 19.5. The number of benzene rings is 4. The fourth-order valence-corrected chi connectivity index (χ4v) is 7.21. The van der Waals surface area contributed by atoms with Crippen molar-refractivity contribution >= 4 is 57.5 Å². The molecule has 3 N–H and O–H groups in total. The molecule has 0 radical (unpaired) electrons. The summed E-state index contributed by atoms with van der Waals surface area (Å²) < 4.78 is 84.5. The zero-order valence-electron chi connectivity index (χ0n) is 31.8. The molecule has 0 aliphatic heterocycles. The van der Waals surface area contributed by atoms with Gasteiger partial charge < -0.3 is 15.8 Å². The number of unbranched alkanes of at least 4 members (excludes halogenated alkanes) is 4. The Labute approximate surface area is 348 Å². The van der Waals surface area contributed by atoms with Crippen molar-refractivity contribution in [1.82, 2.24) is 0 Å². The molecule has 308 valence electrons. The second-order valence-corrected chi connectivity index (χ2v) is 15.1. The summed E-state index contributed by atoms with van der Waals surface area (Å²) in [6.07, 6.45) is 9.50. The molecule has 2 heterocycles. The Bertz CT molecular complexity index is 2250. The van der Waals surface area contributed by atoms with Crippen molar-refractivity contribution in [1.29, 1.82) is 0 Å². The first-order valence-corrected chi connectivity index (χ1v) is 19.9. The number of ether oxygens (including phenoxy) is 1. The van der Waals surface area contributed by atoms with Gasteiger partial charge in [-0.2, -0.15) is 0 Å². The van der Waals surface area contributed by atoms with Crippen molar-refractivity contribution < 1.29 is 40.7 Å². The van der Waals surface area contributed by atoms with Crippen molar-refractivity contribution in [3.63, 3.8) is 0 Å². The maximum atomic E-state index is 14.5. The van der Waals surface area contributed by atoms with E-state index in [2.05, 4.69) is 30.0 Å². The van der Waals surface area contributed by atoms with E-state index in [1.807, 2.05) is 18.2 Å². The molecular weight excluding hydrogens is 818 g/mol. The summed E-state index contributed by atoms with van der Waals surface area (Å²) in [5.41, 5.74) is 6.87. The van der Waals surface area contributed by atoms with E-state index in [9.17, 15) is 35.9 Å². The van der Waals surface area contributed by atoms with Crippen molar-refractivity contribution in [3.8, 4) is 28.0 Å². The molecule has 0 aliphatic carbocycles. The lowest BCUT2D eigenvalue weighted by atomic mass is 10.0. The highest BCUT2D eigenvalue weighted by atomic mass is 35.5. The van der Waals surface area contributed by atoms with Crippen molar-refractivity contribution in [2.45, 2.75) is 65.2 Å². The summed E-state index contributed by atoms with van der Waals surface area (Å²) in [4.78, 5) is 25.1. The first-order chi connectivity index (χ1) is 27.4. The van der Waals surface area contributed by atoms with E-state index in [4.69, 9.17) is 5.73 Å². The van der Waals surface area contributed by atoms with Crippen LogP contribution in [0.15, 0.2) is 97.1 Å². The zero-order valence-corrected chi connectivity index (χ0v) is 34.2. The van der Waals surface area contributed by atoms with Gasteiger partial charge in [-0.3, -0.25) is 9.59 Å². The molecule has 0 aliphatic rings. The van der Waals surface area contributed by atoms with Crippen LogP contribution >= 0.6 is 35.1 Å². The number of amides is 1. The molecule has 4 aromatic carbocycles. The van der Waals surface area contributed by atoms with E-state index in [-0.39, 0.29) is 30.2 Å². The first-order valence-electron chi connectivity index (χ1n) is 18.3. The fourth-order valence-electron chi connectivity index (χ4n) is 5.44. The van der Waals surface area contributed by atoms with E-state index in [1.54, 1.807) is 11.3 Å². The smallest absolute Gasteiger partial charge is 0.298 e. The Balaban J connectivity index is 0.000000256. The van der Waals surface area contributed by atoms with E-state index in [1.165, 1.54) is 83.2 Å². The lowest BCUT2D eigenvalue weighted by Gasteiger charge is -2.07. The maximum absolute atomic E-state index is 14.5. The van der Waals surface area contributed by atoms with E-state index in [0.717, 1.165) is 67.1 Å². The topological polar surface area (TPSA) is 81.4 Å². The van der Waals surface area contributed by atoms with Crippen LogP contribution in [0.1, 0.15) is 72.5 Å². The number of nitrogens with two attached hydrogens (primary N) is 1. The highest BCUT2D eigenvalue weighted by Crippen LogP contribution is 2.28. The Morgan fingerprint density at radius 3 is 1.55 bits per heavy atom. The van der Waals surface area contributed by atoms with Crippen LogP contribution in [0.25, 0.3) is 22.3 Å². The number of anilines is 2. The van der Waals surface area contributed by atoms with Gasteiger partial charge in [0.15, 0.2) is 34.8 Å². The third-order valence-corrected chi connectivity index (χ3v) is 10.5.